The maximum Gasteiger partial charge on any atom is 0.137 e. The van der Waals surface area contributed by atoms with Crippen molar-refractivity contribution in [3.05, 3.63) is 12.2 Å². The number of hydrogen-bond acceptors (Lipinski definition) is 3. The first-order valence-corrected chi connectivity index (χ1v) is 3.88. The molecule has 0 aromatic carbocycles. The van der Waals surface area contributed by atoms with Crippen molar-refractivity contribution in [2.75, 3.05) is 6.54 Å². The third-order valence-electron chi connectivity index (χ3n) is 1.60. The Bertz CT molecular complexity index is 185. The third kappa shape index (κ3) is 0.678. The van der Waals surface area contributed by atoms with Gasteiger partial charge in [0.15, 0.2) is 0 Å². The fourth-order valence-corrected chi connectivity index (χ4v) is 1.80. The SMILES string of the molecule is CC1SN=C2C=CCN21. The van der Waals surface area contributed by atoms with Crippen molar-refractivity contribution >= 4 is 17.8 Å². The summed E-state index contributed by atoms with van der Waals surface area (Å²) in [6.45, 7) is 3.22. The number of rotatable bonds is 0. The zero-order chi connectivity index (χ0) is 6.27. The molecule has 48 valence electrons. The summed E-state index contributed by atoms with van der Waals surface area (Å²) in [5.74, 6) is 1.15. The van der Waals surface area contributed by atoms with Crippen molar-refractivity contribution in [2.24, 2.45) is 4.40 Å². The Morgan fingerprint density at radius 2 is 2.78 bits per heavy atom. The summed E-state index contributed by atoms with van der Waals surface area (Å²) in [7, 11) is 0. The molecule has 1 atom stereocenters. The second kappa shape index (κ2) is 1.77. The number of fused-ring (bicyclic) bond motifs is 1. The van der Waals surface area contributed by atoms with Crippen LogP contribution in [0.4, 0.5) is 0 Å². The zero-order valence-electron chi connectivity index (χ0n) is 5.24. The highest BCUT2D eigenvalue weighted by atomic mass is 32.2. The molecule has 0 aromatic heterocycles. The summed E-state index contributed by atoms with van der Waals surface area (Å²) in [4.78, 5) is 2.28. The Balaban J connectivity index is 2.26. The van der Waals surface area contributed by atoms with Gasteiger partial charge in [0.1, 0.15) is 5.84 Å². The van der Waals surface area contributed by atoms with Gasteiger partial charge >= 0.3 is 0 Å². The Kier molecular flexibility index (Phi) is 1.05. The van der Waals surface area contributed by atoms with E-state index in [9.17, 15) is 0 Å². The maximum absolute atomic E-state index is 4.25. The van der Waals surface area contributed by atoms with Crippen LogP contribution in [-0.2, 0) is 0 Å². The molecule has 0 N–H and O–H groups in total. The molecule has 2 nitrogen and oxygen atoms in total. The van der Waals surface area contributed by atoms with Gasteiger partial charge in [0.25, 0.3) is 0 Å². The van der Waals surface area contributed by atoms with Gasteiger partial charge in [-0.15, -0.1) is 0 Å². The van der Waals surface area contributed by atoms with E-state index in [0.717, 1.165) is 12.4 Å². The average molecular weight is 140 g/mol. The largest absolute Gasteiger partial charge is 0.339 e. The third-order valence-corrected chi connectivity index (χ3v) is 2.45. The fourth-order valence-electron chi connectivity index (χ4n) is 1.07. The van der Waals surface area contributed by atoms with Crippen LogP contribution in [0.2, 0.25) is 0 Å². The summed E-state index contributed by atoms with van der Waals surface area (Å²) < 4.78 is 4.25. The minimum Gasteiger partial charge on any atom is -0.339 e. The van der Waals surface area contributed by atoms with Crippen LogP contribution in [0.5, 0.6) is 0 Å². The Labute approximate surface area is 58.8 Å². The molecule has 0 amide bonds. The van der Waals surface area contributed by atoms with Crippen molar-refractivity contribution in [3.8, 4) is 0 Å². The summed E-state index contributed by atoms with van der Waals surface area (Å²) >= 11 is 1.65. The summed E-state index contributed by atoms with van der Waals surface area (Å²) in [6, 6.07) is 0. The maximum atomic E-state index is 4.25. The molecule has 2 aliphatic heterocycles. The molecule has 0 saturated heterocycles. The van der Waals surface area contributed by atoms with E-state index < -0.39 is 0 Å². The summed E-state index contributed by atoms with van der Waals surface area (Å²) in [6.07, 6.45) is 4.23. The Morgan fingerprint density at radius 1 is 1.89 bits per heavy atom. The molecule has 9 heavy (non-hydrogen) atoms. The molecule has 2 heterocycles. The van der Waals surface area contributed by atoms with E-state index >= 15 is 0 Å². The van der Waals surface area contributed by atoms with Crippen LogP contribution in [-0.4, -0.2) is 22.7 Å². The van der Waals surface area contributed by atoms with Gasteiger partial charge in [-0.1, -0.05) is 6.08 Å². The first-order valence-electron chi connectivity index (χ1n) is 3.05. The molecule has 0 aromatic rings. The second-order valence-corrected chi connectivity index (χ2v) is 3.28. The lowest BCUT2D eigenvalue weighted by atomic mass is 10.5. The van der Waals surface area contributed by atoms with E-state index in [4.69, 9.17) is 0 Å². The standard InChI is InChI=1S/C6H8N2S/c1-5-8-4-2-3-6(8)7-9-5/h2-3,5H,4H2,1H3. The highest BCUT2D eigenvalue weighted by molar-refractivity contribution is 7.99. The van der Waals surface area contributed by atoms with Crippen LogP contribution in [0, 0.1) is 0 Å². The first kappa shape index (κ1) is 5.35. The number of hydrogen-bond donors (Lipinski definition) is 0. The van der Waals surface area contributed by atoms with Crippen LogP contribution in [0.3, 0.4) is 0 Å². The van der Waals surface area contributed by atoms with E-state index in [1.165, 1.54) is 0 Å². The van der Waals surface area contributed by atoms with Crippen molar-refractivity contribution in [1.29, 1.82) is 0 Å². The molecule has 2 aliphatic rings. The molecule has 3 heteroatoms. The van der Waals surface area contributed by atoms with Gasteiger partial charge in [0.05, 0.1) is 5.37 Å². The van der Waals surface area contributed by atoms with E-state index in [0.29, 0.717) is 5.37 Å². The molecule has 0 saturated carbocycles. The van der Waals surface area contributed by atoms with Crippen molar-refractivity contribution < 1.29 is 0 Å². The molecule has 0 aliphatic carbocycles. The lowest BCUT2D eigenvalue weighted by Gasteiger charge is -2.16. The van der Waals surface area contributed by atoms with Crippen LogP contribution in [0.25, 0.3) is 0 Å². The van der Waals surface area contributed by atoms with Crippen LogP contribution >= 0.6 is 11.9 Å². The average Bonchev–Trinajstić information content (AvgIpc) is 2.35. The topological polar surface area (TPSA) is 15.6 Å². The van der Waals surface area contributed by atoms with E-state index in [-0.39, 0.29) is 0 Å². The fraction of sp³-hybridized carbons (Fsp3) is 0.500. The van der Waals surface area contributed by atoms with Gasteiger partial charge in [0.2, 0.25) is 0 Å². The minimum absolute atomic E-state index is 0.551. The van der Waals surface area contributed by atoms with E-state index in [1.54, 1.807) is 11.9 Å². The molecule has 0 radical (unpaired) electrons. The van der Waals surface area contributed by atoms with Gasteiger partial charge < -0.3 is 4.90 Å². The van der Waals surface area contributed by atoms with Gasteiger partial charge in [0, 0.05) is 18.5 Å². The van der Waals surface area contributed by atoms with Gasteiger partial charge in [-0.2, -0.15) is 4.40 Å². The normalized spacial score (nSPS) is 31.0. The molecule has 0 bridgehead atoms. The molecule has 0 fully saturated rings. The molecule has 2 rings (SSSR count). The van der Waals surface area contributed by atoms with Gasteiger partial charge in [-0.05, 0) is 13.0 Å². The lowest BCUT2D eigenvalue weighted by molar-refractivity contribution is 0.479. The predicted octanol–water partition coefficient (Wildman–Crippen LogP) is 1.26. The van der Waals surface area contributed by atoms with Gasteiger partial charge in [-0.3, -0.25) is 0 Å². The lowest BCUT2D eigenvalue weighted by Crippen LogP contribution is -2.27. The van der Waals surface area contributed by atoms with E-state index in [1.807, 2.05) is 0 Å². The quantitative estimate of drug-likeness (QED) is 0.471. The molecular formula is C6H8N2S. The first-order chi connectivity index (χ1) is 4.38. The van der Waals surface area contributed by atoms with Crippen molar-refractivity contribution in [2.45, 2.75) is 12.3 Å². The van der Waals surface area contributed by atoms with E-state index in [2.05, 4.69) is 28.4 Å². The summed E-state index contributed by atoms with van der Waals surface area (Å²) in [5.41, 5.74) is 0. The molecule has 0 spiro atoms. The smallest absolute Gasteiger partial charge is 0.137 e. The predicted molar refractivity (Wildman–Crippen MR) is 40.3 cm³/mol. The summed E-state index contributed by atoms with van der Waals surface area (Å²) in [5, 5.41) is 0.551. The van der Waals surface area contributed by atoms with Gasteiger partial charge in [-0.25, -0.2) is 0 Å². The molecular weight excluding hydrogens is 132 g/mol. The van der Waals surface area contributed by atoms with Crippen LogP contribution < -0.4 is 0 Å². The highest BCUT2D eigenvalue weighted by Gasteiger charge is 2.24. The second-order valence-electron chi connectivity index (χ2n) is 2.21. The molecule has 1 unspecified atom stereocenters. The van der Waals surface area contributed by atoms with Crippen LogP contribution in [0.15, 0.2) is 16.5 Å². The number of nitrogens with zero attached hydrogens (tertiary/aromatic N) is 2. The Hall–Kier alpha value is -0.440. The van der Waals surface area contributed by atoms with Crippen molar-refractivity contribution in [3.63, 3.8) is 0 Å². The highest BCUT2D eigenvalue weighted by Crippen LogP contribution is 2.27. The monoisotopic (exact) mass is 140 g/mol. The Morgan fingerprint density at radius 3 is 3.56 bits per heavy atom. The number of amidine groups is 1. The van der Waals surface area contributed by atoms with Crippen LogP contribution in [0.1, 0.15) is 6.92 Å². The van der Waals surface area contributed by atoms with Crippen molar-refractivity contribution in [1.82, 2.24) is 4.90 Å². The zero-order valence-corrected chi connectivity index (χ0v) is 6.06. The minimum atomic E-state index is 0.551.